The van der Waals surface area contributed by atoms with E-state index in [1.807, 2.05) is 0 Å². The van der Waals surface area contributed by atoms with Crippen LogP contribution in [0.2, 0.25) is 0 Å². The highest BCUT2D eigenvalue weighted by Gasteiger charge is 2.35. The molecule has 0 bridgehead atoms. The summed E-state index contributed by atoms with van der Waals surface area (Å²) in [6.45, 7) is 9.38. The van der Waals surface area contributed by atoms with Crippen LogP contribution in [0.4, 0.5) is 0 Å². The summed E-state index contributed by atoms with van der Waals surface area (Å²) in [5, 5.41) is 2.34. The number of amides is 1. The van der Waals surface area contributed by atoms with E-state index in [0.29, 0.717) is 0 Å². The SMILES string of the molecule is CC(C)OP(=O)(OC(=O)[C@H](C)NC(=O)[C@H](C)N)OC(C)C. The van der Waals surface area contributed by atoms with Crippen LogP contribution in [-0.4, -0.2) is 36.2 Å². The Morgan fingerprint density at radius 3 is 1.76 bits per heavy atom. The summed E-state index contributed by atoms with van der Waals surface area (Å²) in [5.41, 5.74) is 5.38. The molecule has 2 atom stereocenters. The van der Waals surface area contributed by atoms with Crippen molar-refractivity contribution in [3.05, 3.63) is 0 Å². The van der Waals surface area contributed by atoms with Gasteiger partial charge >= 0.3 is 13.8 Å². The molecule has 0 aromatic carbocycles. The topological polar surface area (TPSA) is 117 Å². The van der Waals surface area contributed by atoms with Crippen LogP contribution in [0, 0.1) is 0 Å². The molecule has 0 unspecified atom stereocenters. The number of hydrogen-bond acceptors (Lipinski definition) is 7. The zero-order valence-corrected chi connectivity index (χ0v) is 14.2. The van der Waals surface area contributed by atoms with Crippen LogP contribution in [0.5, 0.6) is 0 Å². The smallest absolute Gasteiger partial charge is 0.369 e. The maximum atomic E-state index is 12.3. The Balaban J connectivity index is 4.80. The third-order valence-corrected chi connectivity index (χ3v) is 3.77. The molecule has 9 heteroatoms. The minimum absolute atomic E-state index is 0.462. The Labute approximate surface area is 125 Å². The van der Waals surface area contributed by atoms with Gasteiger partial charge in [-0.3, -0.25) is 13.8 Å². The maximum absolute atomic E-state index is 12.3. The zero-order chi connectivity index (χ0) is 16.8. The van der Waals surface area contributed by atoms with Crippen molar-refractivity contribution < 1.29 is 27.7 Å². The van der Waals surface area contributed by atoms with Gasteiger partial charge in [0, 0.05) is 0 Å². The Bertz CT molecular complexity index is 397. The van der Waals surface area contributed by atoms with E-state index in [9.17, 15) is 14.2 Å². The predicted molar refractivity (Wildman–Crippen MR) is 77.4 cm³/mol. The lowest BCUT2D eigenvalue weighted by atomic mass is 10.3. The average Bonchev–Trinajstić information content (AvgIpc) is 2.25. The molecule has 0 spiro atoms. The van der Waals surface area contributed by atoms with Crippen LogP contribution < -0.4 is 11.1 Å². The molecule has 1 amide bonds. The Kier molecular flexibility index (Phi) is 8.10. The highest BCUT2D eigenvalue weighted by Crippen LogP contribution is 2.51. The van der Waals surface area contributed by atoms with Gasteiger partial charge < -0.3 is 15.6 Å². The maximum Gasteiger partial charge on any atom is 0.532 e. The summed E-state index contributed by atoms with van der Waals surface area (Å²) in [7, 11) is -4.04. The molecule has 0 rings (SSSR count). The lowest BCUT2D eigenvalue weighted by Crippen LogP contribution is -2.46. The number of carbonyl (C=O) groups excluding carboxylic acids is 2. The molecule has 0 heterocycles. The number of rotatable bonds is 8. The molecule has 0 radical (unpaired) electrons. The Hall–Kier alpha value is -0.950. The molecule has 21 heavy (non-hydrogen) atoms. The highest BCUT2D eigenvalue weighted by molar-refractivity contribution is 7.49. The normalized spacial score (nSPS) is 14.9. The van der Waals surface area contributed by atoms with E-state index in [0.717, 1.165) is 0 Å². The third kappa shape index (κ3) is 8.16. The lowest BCUT2D eigenvalue weighted by molar-refractivity contribution is -0.141. The molecule has 0 aromatic heterocycles. The molecule has 0 aliphatic rings. The van der Waals surface area contributed by atoms with Crippen molar-refractivity contribution in [1.82, 2.24) is 5.32 Å². The van der Waals surface area contributed by atoms with Gasteiger partial charge in [0.2, 0.25) is 5.91 Å². The summed E-state index contributed by atoms with van der Waals surface area (Å²) >= 11 is 0. The van der Waals surface area contributed by atoms with Gasteiger partial charge in [-0.2, -0.15) is 0 Å². The van der Waals surface area contributed by atoms with Crippen LogP contribution in [-0.2, 0) is 27.7 Å². The second-order valence-electron chi connectivity index (χ2n) is 5.18. The number of phosphoric acid groups is 1. The summed E-state index contributed by atoms with van der Waals surface area (Å²) in [6, 6.07) is -1.80. The van der Waals surface area contributed by atoms with E-state index >= 15 is 0 Å². The number of phosphoric ester groups is 1. The molecule has 0 aliphatic carbocycles. The summed E-state index contributed by atoms with van der Waals surface area (Å²) in [6.07, 6.45) is -0.923. The minimum Gasteiger partial charge on any atom is -0.369 e. The van der Waals surface area contributed by atoms with Crippen molar-refractivity contribution in [3.63, 3.8) is 0 Å². The molecule has 8 nitrogen and oxygen atoms in total. The summed E-state index contributed by atoms with van der Waals surface area (Å²) < 4.78 is 27.3. The highest BCUT2D eigenvalue weighted by atomic mass is 31.2. The van der Waals surface area contributed by atoms with Gasteiger partial charge in [0.1, 0.15) is 6.04 Å². The molecule has 0 saturated carbocycles. The second-order valence-corrected chi connectivity index (χ2v) is 6.68. The van der Waals surface area contributed by atoms with E-state index in [-0.39, 0.29) is 0 Å². The molecule has 0 aliphatic heterocycles. The molecule has 3 N–H and O–H groups in total. The van der Waals surface area contributed by atoms with Gasteiger partial charge in [-0.25, -0.2) is 9.36 Å². The summed E-state index contributed by atoms with van der Waals surface area (Å²) in [4.78, 5) is 23.3. The third-order valence-electron chi connectivity index (χ3n) is 2.01. The number of carbonyl (C=O) groups is 2. The van der Waals surface area contributed by atoms with Gasteiger partial charge in [0.15, 0.2) is 0 Å². The number of hydrogen-bond donors (Lipinski definition) is 2. The van der Waals surface area contributed by atoms with Crippen molar-refractivity contribution in [3.8, 4) is 0 Å². The van der Waals surface area contributed by atoms with Gasteiger partial charge in [0.25, 0.3) is 0 Å². The van der Waals surface area contributed by atoms with Crippen LogP contribution in [0.15, 0.2) is 0 Å². The fourth-order valence-electron chi connectivity index (χ4n) is 1.18. The molecular weight excluding hydrogens is 299 g/mol. The van der Waals surface area contributed by atoms with Crippen LogP contribution in [0.3, 0.4) is 0 Å². The Morgan fingerprint density at radius 1 is 1.00 bits per heavy atom. The standard InChI is InChI=1S/C12H25N2O6P/c1-7(2)18-21(17,19-8(3)4)20-12(16)10(6)14-11(15)9(5)13/h7-10H,13H2,1-6H3,(H,14,15)/t9-,10-/m0/s1. The van der Waals surface area contributed by atoms with Gasteiger partial charge in [-0.1, -0.05) is 0 Å². The largest absolute Gasteiger partial charge is 0.532 e. The van der Waals surface area contributed by atoms with Crippen molar-refractivity contribution in [2.24, 2.45) is 5.73 Å². The van der Waals surface area contributed by atoms with Crippen LogP contribution in [0.25, 0.3) is 0 Å². The second kappa shape index (κ2) is 8.48. The van der Waals surface area contributed by atoms with Gasteiger partial charge in [0.05, 0.1) is 18.2 Å². The minimum atomic E-state index is -4.04. The van der Waals surface area contributed by atoms with Crippen molar-refractivity contribution >= 4 is 19.7 Å². The first-order valence-electron chi connectivity index (χ1n) is 6.73. The number of nitrogens with two attached hydrogens (primary N) is 1. The van der Waals surface area contributed by atoms with Crippen LogP contribution >= 0.6 is 7.82 Å². The molecule has 0 fully saturated rings. The van der Waals surface area contributed by atoms with Crippen molar-refractivity contribution in [2.75, 3.05) is 0 Å². The van der Waals surface area contributed by atoms with Crippen molar-refractivity contribution in [2.45, 2.75) is 65.8 Å². The van der Waals surface area contributed by atoms with E-state index in [1.54, 1.807) is 27.7 Å². The van der Waals surface area contributed by atoms with E-state index in [4.69, 9.17) is 19.3 Å². The molecule has 0 saturated heterocycles. The van der Waals surface area contributed by atoms with Crippen molar-refractivity contribution in [1.29, 1.82) is 0 Å². The zero-order valence-electron chi connectivity index (χ0n) is 13.3. The van der Waals surface area contributed by atoms with E-state index < -0.39 is 44.0 Å². The van der Waals surface area contributed by atoms with Gasteiger partial charge in [-0.15, -0.1) is 0 Å². The summed E-state index contributed by atoms with van der Waals surface area (Å²) in [5.74, 6) is -1.45. The fourth-order valence-corrected chi connectivity index (χ4v) is 2.72. The monoisotopic (exact) mass is 324 g/mol. The van der Waals surface area contributed by atoms with E-state index in [1.165, 1.54) is 13.8 Å². The Morgan fingerprint density at radius 2 is 1.43 bits per heavy atom. The quantitative estimate of drug-likeness (QED) is 0.647. The average molecular weight is 324 g/mol. The first kappa shape index (κ1) is 20.1. The fraction of sp³-hybridized carbons (Fsp3) is 0.833. The lowest BCUT2D eigenvalue weighted by Gasteiger charge is -2.23. The number of nitrogens with one attached hydrogen (secondary N) is 1. The molecule has 124 valence electrons. The first-order valence-corrected chi connectivity index (χ1v) is 8.19. The van der Waals surface area contributed by atoms with Crippen LogP contribution in [0.1, 0.15) is 41.5 Å². The predicted octanol–water partition coefficient (Wildman–Crippen LogP) is 1.34. The molecule has 0 aromatic rings. The first-order chi connectivity index (χ1) is 9.46. The molecular formula is C12H25N2O6P. The van der Waals surface area contributed by atoms with Gasteiger partial charge in [-0.05, 0) is 41.5 Å². The van der Waals surface area contributed by atoms with E-state index in [2.05, 4.69) is 5.32 Å².